The first-order valence-electron chi connectivity index (χ1n) is 7.46. The minimum atomic E-state index is -0.253. The highest BCUT2D eigenvalue weighted by Gasteiger charge is 2.24. The lowest BCUT2D eigenvalue weighted by atomic mass is 10.1. The van der Waals surface area contributed by atoms with E-state index in [0.717, 1.165) is 11.4 Å². The van der Waals surface area contributed by atoms with Crippen molar-refractivity contribution in [1.29, 1.82) is 0 Å². The van der Waals surface area contributed by atoms with Gasteiger partial charge in [0.15, 0.2) is 0 Å². The van der Waals surface area contributed by atoms with Gasteiger partial charge in [0.05, 0.1) is 18.9 Å². The average molecular weight is 305 g/mol. The zero-order chi connectivity index (χ0) is 15.7. The second-order valence-electron chi connectivity index (χ2n) is 5.58. The molecule has 2 aliphatic rings. The summed E-state index contributed by atoms with van der Waals surface area (Å²) in [6, 6.07) is 5.21. The van der Waals surface area contributed by atoms with Gasteiger partial charge in [-0.3, -0.25) is 4.79 Å². The first-order valence-corrected chi connectivity index (χ1v) is 7.46. The van der Waals surface area contributed by atoms with Crippen LogP contribution in [-0.2, 0) is 9.53 Å². The fourth-order valence-electron chi connectivity index (χ4n) is 3.01. The molecule has 5 nitrogen and oxygen atoms in total. The Bertz CT molecular complexity index is 611. The number of allylic oxidation sites excluding steroid dienone is 1. The minimum Gasteiger partial charge on any atom is -0.378 e. The summed E-state index contributed by atoms with van der Waals surface area (Å²) in [7, 11) is 0. The molecule has 0 radical (unpaired) electrons. The molecule has 118 valence electrons. The molecule has 0 aromatic heterocycles. The molecule has 1 aromatic rings. The number of carbonyl (C=O) groups is 1. The van der Waals surface area contributed by atoms with E-state index in [-0.39, 0.29) is 17.9 Å². The fourth-order valence-corrected chi connectivity index (χ4v) is 3.01. The molecule has 3 rings (SSSR count). The van der Waals surface area contributed by atoms with Crippen LogP contribution in [0.25, 0.3) is 0 Å². The van der Waals surface area contributed by atoms with Crippen molar-refractivity contribution < 1.29 is 13.9 Å². The van der Waals surface area contributed by atoms with Gasteiger partial charge in [0, 0.05) is 30.5 Å². The number of ether oxygens (including phenoxy) is 1. The predicted octanol–water partition coefficient (Wildman–Crippen LogP) is 1.85. The minimum absolute atomic E-state index is 0.119. The molecular weight excluding hydrogens is 285 g/mol. The second-order valence-corrected chi connectivity index (χ2v) is 5.58. The molecule has 1 unspecified atom stereocenters. The highest BCUT2D eigenvalue weighted by Crippen LogP contribution is 2.29. The zero-order valence-electron chi connectivity index (χ0n) is 12.8. The van der Waals surface area contributed by atoms with Crippen LogP contribution in [0.4, 0.5) is 15.8 Å². The van der Waals surface area contributed by atoms with Crippen LogP contribution < -0.4 is 15.1 Å². The molecule has 6 heteroatoms. The van der Waals surface area contributed by atoms with Gasteiger partial charge in [0.25, 0.3) is 0 Å². The number of carbonyl (C=O) groups excluding carboxylic acids is 1. The van der Waals surface area contributed by atoms with Crippen LogP contribution >= 0.6 is 0 Å². The molecule has 1 aromatic carbocycles. The molecule has 0 aliphatic carbocycles. The van der Waals surface area contributed by atoms with Gasteiger partial charge in [0.1, 0.15) is 12.0 Å². The first-order chi connectivity index (χ1) is 10.6. The summed E-state index contributed by atoms with van der Waals surface area (Å²) in [4.78, 5) is 15.4. The number of halogens is 1. The van der Waals surface area contributed by atoms with Gasteiger partial charge < -0.3 is 19.9 Å². The van der Waals surface area contributed by atoms with Crippen LogP contribution in [0.1, 0.15) is 13.8 Å². The largest absolute Gasteiger partial charge is 0.378 e. The molecule has 22 heavy (non-hydrogen) atoms. The number of hydrogen-bond acceptors (Lipinski definition) is 4. The third kappa shape index (κ3) is 2.78. The molecule has 0 saturated carbocycles. The van der Waals surface area contributed by atoms with E-state index in [2.05, 4.69) is 5.32 Å². The van der Waals surface area contributed by atoms with E-state index in [1.165, 1.54) is 12.1 Å². The number of hydrogen-bond donors (Lipinski definition) is 1. The van der Waals surface area contributed by atoms with Gasteiger partial charge in [-0.2, -0.15) is 0 Å². The van der Waals surface area contributed by atoms with E-state index in [4.69, 9.17) is 4.74 Å². The summed E-state index contributed by atoms with van der Waals surface area (Å²) >= 11 is 0. The number of nitrogens with zero attached hydrogens (tertiary/aromatic N) is 2. The maximum atomic E-state index is 14.5. The Morgan fingerprint density at radius 2 is 2.05 bits per heavy atom. The molecule has 1 fully saturated rings. The summed E-state index contributed by atoms with van der Waals surface area (Å²) in [5.41, 5.74) is 2.13. The van der Waals surface area contributed by atoms with Crippen molar-refractivity contribution >= 4 is 17.3 Å². The highest BCUT2D eigenvalue weighted by atomic mass is 19.1. The quantitative estimate of drug-likeness (QED) is 0.906. The second kappa shape index (κ2) is 5.96. The molecule has 1 N–H and O–H groups in total. The van der Waals surface area contributed by atoms with E-state index in [1.54, 1.807) is 6.07 Å². The summed E-state index contributed by atoms with van der Waals surface area (Å²) < 4.78 is 19.8. The smallest absolute Gasteiger partial charge is 0.247 e. The van der Waals surface area contributed by atoms with Crippen LogP contribution in [0.3, 0.4) is 0 Å². The van der Waals surface area contributed by atoms with Gasteiger partial charge >= 0.3 is 0 Å². The molecule has 2 aliphatic heterocycles. The maximum Gasteiger partial charge on any atom is 0.247 e. The summed E-state index contributed by atoms with van der Waals surface area (Å²) in [6.07, 6.45) is 1.32. The Balaban J connectivity index is 1.88. The Morgan fingerprint density at radius 3 is 2.68 bits per heavy atom. The number of morpholine rings is 1. The summed E-state index contributed by atoms with van der Waals surface area (Å²) in [5, 5.41) is 2.82. The van der Waals surface area contributed by atoms with Crippen LogP contribution in [0.15, 0.2) is 30.0 Å². The summed E-state index contributed by atoms with van der Waals surface area (Å²) in [5.74, 6) is -0.372. The fraction of sp³-hybridized carbons (Fsp3) is 0.438. The van der Waals surface area contributed by atoms with Crippen molar-refractivity contribution in [3.63, 3.8) is 0 Å². The van der Waals surface area contributed by atoms with E-state index in [9.17, 15) is 9.18 Å². The van der Waals surface area contributed by atoms with E-state index < -0.39 is 0 Å². The Kier molecular flexibility index (Phi) is 4.02. The van der Waals surface area contributed by atoms with Crippen molar-refractivity contribution in [2.45, 2.75) is 20.0 Å². The van der Waals surface area contributed by atoms with Gasteiger partial charge in [-0.25, -0.2) is 4.39 Å². The van der Waals surface area contributed by atoms with Gasteiger partial charge in [-0.1, -0.05) is 0 Å². The number of rotatable bonds is 2. The first kappa shape index (κ1) is 14.8. The van der Waals surface area contributed by atoms with Crippen LogP contribution in [0.2, 0.25) is 0 Å². The number of anilines is 2. The van der Waals surface area contributed by atoms with Crippen molar-refractivity contribution in [2.75, 3.05) is 36.1 Å². The van der Waals surface area contributed by atoms with Crippen LogP contribution in [-0.4, -0.2) is 38.4 Å². The third-order valence-corrected chi connectivity index (χ3v) is 4.02. The lowest BCUT2D eigenvalue weighted by Crippen LogP contribution is -2.49. The van der Waals surface area contributed by atoms with Crippen molar-refractivity contribution in [3.05, 3.63) is 35.8 Å². The van der Waals surface area contributed by atoms with Crippen molar-refractivity contribution in [3.8, 4) is 0 Å². The molecule has 0 spiro atoms. The van der Waals surface area contributed by atoms with Crippen LogP contribution in [0, 0.1) is 5.82 Å². The molecule has 1 atom stereocenters. The lowest BCUT2D eigenvalue weighted by Gasteiger charge is -2.36. The number of nitrogens with one attached hydrogen (secondary N) is 1. The molecule has 0 bridgehead atoms. The lowest BCUT2D eigenvalue weighted by molar-refractivity contribution is -0.117. The van der Waals surface area contributed by atoms with E-state index in [1.807, 2.05) is 29.7 Å². The maximum absolute atomic E-state index is 14.5. The monoisotopic (exact) mass is 305 g/mol. The van der Waals surface area contributed by atoms with Crippen LogP contribution in [0.5, 0.6) is 0 Å². The van der Waals surface area contributed by atoms with E-state index in [0.29, 0.717) is 32.0 Å². The van der Waals surface area contributed by atoms with E-state index >= 15 is 0 Å². The van der Waals surface area contributed by atoms with Gasteiger partial charge in [0.2, 0.25) is 5.91 Å². The average Bonchev–Trinajstić information content (AvgIpc) is 2.47. The standard InChI is InChI=1S/C16H20FN3O2/c1-11-9-16(21)18-12(2)20(11)13-3-4-15(14(17)10-13)19-5-7-22-8-6-19/h3-4,9-10,12H,5-8H2,1-2H3,(H,18,21). The highest BCUT2D eigenvalue weighted by molar-refractivity contribution is 5.91. The zero-order valence-corrected chi connectivity index (χ0v) is 12.8. The SMILES string of the molecule is CC1=CC(=O)NC(C)N1c1ccc(N2CCOCC2)c(F)c1. The number of benzene rings is 1. The molecule has 2 heterocycles. The van der Waals surface area contributed by atoms with Crippen molar-refractivity contribution in [1.82, 2.24) is 5.32 Å². The molecular formula is C16H20FN3O2. The normalized spacial score (nSPS) is 22.4. The molecule has 1 amide bonds. The van der Waals surface area contributed by atoms with Crippen molar-refractivity contribution in [2.24, 2.45) is 0 Å². The van der Waals surface area contributed by atoms with Gasteiger partial charge in [-0.15, -0.1) is 0 Å². The molecule has 1 saturated heterocycles. The Hall–Kier alpha value is -2.08. The number of amides is 1. The Labute approximate surface area is 129 Å². The summed E-state index contributed by atoms with van der Waals surface area (Å²) in [6.45, 7) is 6.37. The third-order valence-electron chi connectivity index (χ3n) is 4.02. The topological polar surface area (TPSA) is 44.8 Å². The van der Waals surface area contributed by atoms with Gasteiger partial charge in [-0.05, 0) is 32.0 Å². The predicted molar refractivity (Wildman–Crippen MR) is 83.3 cm³/mol. The Morgan fingerprint density at radius 1 is 1.32 bits per heavy atom.